The molecule has 24 heavy (non-hydrogen) atoms. The Kier molecular flexibility index (Phi) is 5.57. The van der Waals surface area contributed by atoms with Gasteiger partial charge in [0.15, 0.2) is 0 Å². The lowest BCUT2D eigenvalue weighted by atomic mass is 10.0. The van der Waals surface area contributed by atoms with Crippen LogP contribution in [0, 0.1) is 17.5 Å². The first-order chi connectivity index (χ1) is 11.3. The molecular formula is C17H15F3N2O2. The third kappa shape index (κ3) is 4.84. The van der Waals surface area contributed by atoms with Crippen LogP contribution in [0.2, 0.25) is 0 Å². The standard InChI is InChI=1S/C17H15F3N2O2/c18-12-3-1-2-10(6-12)7-15(17(21)24)22-16(23)8-11-4-5-13(19)9-14(11)20/h1-6,9,15H,7-8H2,(H2,21,24)(H,22,23)/t15-/m0/s1. The Hall–Kier alpha value is -2.83. The van der Waals surface area contributed by atoms with Crippen LogP contribution in [0.15, 0.2) is 42.5 Å². The van der Waals surface area contributed by atoms with Crippen LogP contribution in [0.25, 0.3) is 0 Å². The Balaban J connectivity index is 2.04. The average Bonchev–Trinajstić information content (AvgIpc) is 2.49. The van der Waals surface area contributed by atoms with Gasteiger partial charge in [0.2, 0.25) is 11.8 Å². The van der Waals surface area contributed by atoms with Crippen LogP contribution in [-0.2, 0) is 22.4 Å². The van der Waals surface area contributed by atoms with Gasteiger partial charge in [0.25, 0.3) is 0 Å². The van der Waals surface area contributed by atoms with E-state index < -0.39 is 35.3 Å². The second-order valence-corrected chi connectivity index (χ2v) is 5.27. The van der Waals surface area contributed by atoms with E-state index in [2.05, 4.69) is 5.32 Å². The quantitative estimate of drug-likeness (QED) is 0.845. The number of rotatable bonds is 6. The lowest BCUT2D eigenvalue weighted by molar-refractivity contribution is -0.127. The number of benzene rings is 2. The molecule has 2 aromatic rings. The maximum Gasteiger partial charge on any atom is 0.240 e. The summed E-state index contributed by atoms with van der Waals surface area (Å²) in [4.78, 5) is 23.4. The minimum absolute atomic E-state index is 0.00470. The third-order valence-corrected chi connectivity index (χ3v) is 3.37. The highest BCUT2D eigenvalue weighted by Gasteiger charge is 2.20. The highest BCUT2D eigenvalue weighted by molar-refractivity contribution is 5.87. The van der Waals surface area contributed by atoms with Crippen LogP contribution in [-0.4, -0.2) is 17.9 Å². The van der Waals surface area contributed by atoms with E-state index in [4.69, 9.17) is 5.73 Å². The van der Waals surface area contributed by atoms with E-state index in [1.54, 1.807) is 6.07 Å². The predicted molar refractivity (Wildman–Crippen MR) is 81.3 cm³/mol. The van der Waals surface area contributed by atoms with Crippen LogP contribution >= 0.6 is 0 Å². The van der Waals surface area contributed by atoms with Crippen molar-refractivity contribution in [2.75, 3.05) is 0 Å². The molecule has 0 unspecified atom stereocenters. The van der Waals surface area contributed by atoms with E-state index in [1.807, 2.05) is 0 Å². The first kappa shape index (κ1) is 17.5. The Morgan fingerprint density at radius 2 is 1.75 bits per heavy atom. The Morgan fingerprint density at radius 1 is 1.04 bits per heavy atom. The number of nitrogens with one attached hydrogen (secondary N) is 1. The van der Waals surface area contributed by atoms with E-state index in [1.165, 1.54) is 18.2 Å². The first-order valence-corrected chi connectivity index (χ1v) is 7.12. The van der Waals surface area contributed by atoms with Gasteiger partial charge in [-0.2, -0.15) is 0 Å². The second-order valence-electron chi connectivity index (χ2n) is 5.27. The van der Waals surface area contributed by atoms with Gasteiger partial charge in [-0.05, 0) is 29.3 Å². The monoisotopic (exact) mass is 336 g/mol. The minimum Gasteiger partial charge on any atom is -0.368 e. The molecule has 1 atom stereocenters. The van der Waals surface area contributed by atoms with Crippen LogP contribution in [0.3, 0.4) is 0 Å². The van der Waals surface area contributed by atoms with Crippen molar-refractivity contribution in [2.24, 2.45) is 5.73 Å². The lowest BCUT2D eigenvalue weighted by Crippen LogP contribution is -2.46. The van der Waals surface area contributed by atoms with Crippen molar-refractivity contribution >= 4 is 11.8 Å². The molecule has 2 rings (SSSR count). The number of hydrogen-bond acceptors (Lipinski definition) is 2. The molecule has 0 aliphatic heterocycles. The molecule has 3 N–H and O–H groups in total. The number of carbonyl (C=O) groups excluding carboxylic acids is 2. The first-order valence-electron chi connectivity index (χ1n) is 7.12. The van der Waals surface area contributed by atoms with Gasteiger partial charge in [-0.25, -0.2) is 13.2 Å². The SMILES string of the molecule is NC(=O)[C@H](Cc1cccc(F)c1)NC(=O)Cc1ccc(F)cc1F. The summed E-state index contributed by atoms with van der Waals surface area (Å²) < 4.78 is 39.6. The van der Waals surface area contributed by atoms with E-state index in [0.717, 1.165) is 12.1 Å². The summed E-state index contributed by atoms with van der Waals surface area (Å²) in [5.74, 6) is -3.54. The maximum absolute atomic E-state index is 13.5. The lowest BCUT2D eigenvalue weighted by Gasteiger charge is -2.16. The summed E-state index contributed by atoms with van der Waals surface area (Å²) >= 11 is 0. The molecule has 2 aromatic carbocycles. The molecule has 126 valence electrons. The van der Waals surface area contributed by atoms with Gasteiger partial charge in [-0.1, -0.05) is 18.2 Å². The number of primary amides is 1. The summed E-state index contributed by atoms with van der Waals surface area (Å²) in [6.45, 7) is 0. The van der Waals surface area contributed by atoms with Crippen molar-refractivity contribution in [2.45, 2.75) is 18.9 Å². The topological polar surface area (TPSA) is 72.2 Å². The summed E-state index contributed by atoms with van der Waals surface area (Å²) in [5.41, 5.74) is 5.71. The molecule has 2 amide bonds. The highest BCUT2D eigenvalue weighted by atomic mass is 19.1. The van der Waals surface area contributed by atoms with Crippen molar-refractivity contribution < 1.29 is 22.8 Å². The van der Waals surface area contributed by atoms with Gasteiger partial charge < -0.3 is 11.1 Å². The summed E-state index contributed by atoms with van der Waals surface area (Å²) in [5, 5.41) is 2.38. The zero-order valence-corrected chi connectivity index (χ0v) is 12.6. The van der Waals surface area contributed by atoms with Crippen molar-refractivity contribution in [1.29, 1.82) is 0 Å². The molecule has 0 spiro atoms. The number of hydrogen-bond donors (Lipinski definition) is 2. The van der Waals surface area contributed by atoms with Crippen LogP contribution in [0.5, 0.6) is 0 Å². The molecule has 0 aromatic heterocycles. The molecule has 0 bridgehead atoms. The maximum atomic E-state index is 13.5. The molecule has 0 saturated carbocycles. The van der Waals surface area contributed by atoms with E-state index in [0.29, 0.717) is 11.6 Å². The third-order valence-electron chi connectivity index (χ3n) is 3.37. The van der Waals surface area contributed by atoms with E-state index in [9.17, 15) is 22.8 Å². The van der Waals surface area contributed by atoms with Crippen LogP contribution in [0.1, 0.15) is 11.1 Å². The summed E-state index contributed by atoms with van der Waals surface area (Å²) in [6.07, 6.45) is -0.371. The van der Waals surface area contributed by atoms with Gasteiger partial charge in [0, 0.05) is 12.5 Å². The summed E-state index contributed by atoms with van der Waals surface area (Å²) in [6, 6.07) is 7.31. The van der Waals surface area contributed by atoms with Crippen LogP contribution < -0.4 is 11.1 Å². The van der Waals surface area contributed by atoms with E-state index >= 15 is 0 Å². The molecule has 0 saturated heterocycles. The number of nitrogens with two attached hydrogens (primary N) is 1. The Morgan fingerprint density at radius 3 is 2.38 bits per heavy atom. The predicted octanol–water partition coefficient (Wildman–Crippen LogP) is 1.86. The number of halogens is 3. The van der Waals surface area contributed by atoms with Crippen molar-refractivity contribution in [3.63, 3.8) is 0 Å². The normalized spacial score (nSPS) is 11.8. The van der Waals surface area contributed by atoms with Gasteiger partial charge in [0.1, 0.15) is 23.5 Å². The fraction of sp³-hybridized carbons (Fsp3) is 0.176. The number of amides is 2. The number of carbonyl (C=O) groups is 2. The average molecular weight is 336 g/mol. The minimum atomic E-state index is -1.07. The van der Waals surface area contributed by atoms with Gasteiger partial charge in [0.05, 0.1) is 6.42 Å². The molecule has 0 radical (unpaired) electrons. The fourth-order valence-electron chi connectivity index (χ4n) is 2.21. The molecule has 0 aliphatic carbocycles. The van der Waals surface area contributed by atoms with Crippen LogP contribution in [0.4, 0.5) is 13.2 Å². The summed E-state index contributed by atoms with van der Waals surface area (Å²) in [7, 11) is 0. The Labute approximate surface area is 136 Å². The zero-order chi connectivity index (χ0) is 17.7. The molecule has 0 fully saturated rings. The smallest absolute Gasteiger partial charge is 0.240 e. The molecule has 0 aliphatic rings. The largest absolute Gasteiger partial charge is 0.368 e. The molecule has 4 nitrogen and oxygen atoms in total. The van der Waals surface area contributed by atoms with Gasteiger partial charge >= 0.3 is 0 Å². The van der Waals surface area contributed by atoms with Gasteiger partial charge in [-0.15, -0.1) is 0 Å². The molecular weight excluding hydrogens is 321 g/mol. The van der Waals surface area contributed by atoms with Crippen molar-refractivity contribution in [1.82, 2.24) is 5.32 Å². The second kappa shape index (κ2) is 7.63. The van der Waals surface area contributed by atoms with Gasteiger partial charge in [-0.3, -0.25) is 9.59 Å². The molecule has 7 heteroatoms. The molecule has 0 heterocycles. The van der Waals surface area contributed by atoms with Crippen molar-refractivity contribution in [3.05, 3.63) is 71.0 Å². The van der Waals surface area contributed by atoms with E-state index in [-0.39, 0.29) is 18.4 Å². The zero-order valence-electron chi connectivity index (χ0n) is 12.6. The van der Waals surface area contributed by atoms with Crippen molar-refractivity contribution in [3.8, 4) is 0 Å². The fourth-order valence-corrected chi connectivity index (χ4v) is 2.21. The Bertz CT molecular complexity index is 765. The highest BCUT2D eigenvalue weighted by Crippen LogP contribution is 2.11.